The average Bonchev–Trinajstić information content (AvgIpc) is 3.24. The third kappa shape index (κ3) is 4.05. The summed E-state index contributed by atoms with van der Waals surface area (Å²) in [7, 11) is 0. The summed E-state index contributed by atoms with van der Waals surface area (Å²) in [6, 6.07) is -1.07. The van der Waals surface area contributed by atoms with Crippen LogP contribution in [0.5, 0.6) is 0 Å². The molecule has 0 aromatic heterocycles. The molecule has 3 amide bonds. The van der Waals surface area contributed by atoms with Crippen LogP contribution in [0.4, 0.5) is 4.79 Å². The maximum absolute atomic E-state index is 12.6. The zero-order chi connectivity index (χ0) is 20.6. The van der Waals surface area contributed by atoms with E-state index in [1.165, 1.54) is 4.90 Å². The van der Waals surface area contributed by atoms with Crippen molar-refractivity contribution in [1.82, 2.24) is 10.2 Å². The molecule has 0 aromatic carbocycles. The van der Waals surface area contributed by atoms with E-state index in [4.69, 9.17) is 4.74 Å². The van der Waals surface area contributed by atoms with Gasteiger partial charge in [-0.25, -0.2) is 9.59 Å². The summed E-state index contributed by atoms with van der Waals surface area (Å²) in [6.07, 6.45) is 5.40. The number of unbranched alkanes of at least 4 members (excludes halogenated alkanes) is 1. The number of alkyl carbamates (subject to hydrolysis) is 1. The monoisotopic (exact) mass is 392 g/mol. The van der Waals surface area contributed by atoms with E-state index in [9.17, 15) is 24.3 Å². The van der Waals surface area contributed by atoms with E-state index in [1.807, 2.05) is 0 Å². The number of carbonyl (C=O) groups excluding carboxylic acids is 3. The maximum atomic E-state index is 12.6. The van der Waals surface area contributed by atoms with E-state index in [-0.39, 0.29) is 41.9 Å². The lowest BCUT2D eigenvalue weighted by Crippen LogP contribution is -2.43. The number of imide groups is 1. The van der Waals surface area contributed by atoms with E-state index in [2.05, 4.69) is 17.5 Å². The molecular weight excluding hydrogens is 364 g/mol. The third-order valence-electron chi connectivity index (χ3n) is 5.68. The fourth-order valence-corrected chi connectivity index (χ4v) is 4.51. The number of carbonyl (C=O) groups is 4. The minimum absolute atomic E-state index is 0.0893. The predicted molar refractivity (Wildman–Crippen MR) is 99.1 cm³/mol. The van der Waals surface area contributed by atoms with Crippen LogP contribution >= 0.6 is 0 Å². The van der Waals surface area contributed by atoms with Crippen LogP contribution in [-0.4, -0.2) is 52.1 Å². The Bertz CT molecular complexity index is 680. The molecule has 8 heteroatoms. The summed E-state index contributed by atoms with van der Waals surface area (Å²) in [6.45, 7) is 5.39. The summed E-state index contributed by atoms with van der Waals surface area (Å²) < 4.78 is 5.09. The second-order valence-corrected chi connectivity index (χ2v) is 8.86. The number of allylic oxidation sites excluding steroid dienone is 2. The van der Waals surface area contributed by atoms with Gasteiger partial charge in [-0.15, -0.1) is 0 Å². The van der Waals surface area contributed by atoms with Gasteiger partial charge in [0, 0.05) is 6.54 Å². The second kappa shape index (κ2) is 7.56. The zero-order valence-electron chi connectivity index (χ0n) is 16.5. The number of nitrogens with zero attached hydrogens (tertiary/aromatic N) is 1. The van der Waals surface area contributed by atoms with Crippen LogP contribution in [0.2, 0.25) is 0 Å². The summed E-state index contributed by atoms with van der Waals surface area (Å²) in [5.41, 5.74) is -0.712. The Labute approximate surface area is 164 Å². The molecule has 1 saturated heterocycles. The number of hydrogen-bond donors (Lipinski definition) is 2. The Morgan fingerprint density at radius 1 is 1.18 bits per heavy atom. The largest absolute Gasteiger partial charge is 0.480 e. The molecule has 1 saturated carbocycles. The molecular formula is C20H28N2O6. The van der Waals surface area contributed by atoms with Gasteiger partial charge in [-0.2, -0.15) is 0 Å². The molecule has 2 aliphatic carbocycles. The first kappa shape index (κ1) is 20.4. The molecule has 1 heterocycles. The highest BCUT2D eigenvalue weighted by atomic mass is 16.6. The minimum Gasteiger partial charge on any atom is -0.480 e. The summed E-state index contributed by atoms with van der Waals surface area (Å²) >= 11 is 0. The fraction of sp³-hybridized carbons (Fsp3) is 0.700. The van der Waals surface area contributed by atoms with Crippen LogP contribution in [0.1, 0.15) is 46.5 Å². The summed E-state index contributed by atoms with van der Waals surface area (Å²) in [5, 5.41) is 11.6. The van der Waals surface area contributed by atoms with Crippen molar-refractivity contribution in [3.63, 3.8) is 0 Å². The van der Waals surface area contributed by atoms with E-state index >= 15 is 0 Å². The van der Waals surface area contributed by atoms with Gasteiger partial charge < -0.3 is 15.2 Å². The molecule has 154 valence electrons. The van der Waals surface area contributed by atoms with Crippen molar-refractivity contribution in [2.75, 3.05) is 6.54 Å². The predicted octanol–water partition coefficient (Wildman–Crippen LogP) is 1.94. The first-order valence-electron chi connectivity index (χ1n) is 9.84. The van der Waals surface area contributed by atoms with E-state index in [1.54, 1.807) is 20.8 Å². The number of carboxylic acid groups (broad SMARTS) is 1. The first-order chi connectivity index (χ1) is 13.1. The number of carboxylic acids is 1. The third-order valence-corrected chi connectivity index (χ3v) is 5.68. The van der Waals surface area contributed by atoms with Gasteiger partial charge in [0.2, 0.25) is 11.8 Å². The van der Waals surface area contributed by atoms with Crippen LogP contribution in [0.15, 0.2) is 12.2 Å². The highest BCUT2D eigenvalue weighted by Crippen LogP contribution is 2.52. The van der Waals surface area contributed by atoms with E-state index in [0.29, 0.717) is 19.4 Å². The zero-order valence-corrected chi connectivity index (χ0v) is 16.5. The van der Waals surface area contributed by atoms with Crippen molar-refractivity contribution >= 4 is 23.9 Å². The molecule has 5 atom stereocenters. The van der Waals surface area contributed by atoms with Gasteiger partial charge in [-0.3, -0.25) is 14.5 Å². The second-order valence-electron chi connectivity index (χ2n) is 8.86. The van der Waals surface area contributed by atoms with Gasteiger partial charge in [0.25, 0.3) is 0 Å². The van der Waals surface area contributed by atoms with Crippen LogP contribution in [0.25, 0.3) is 0 Å². The van der Waals surface area contributed by atoms with Crippen molar-refractivity contribution in [2.24, 2.45) is 23.7 Å². The molecule has 28 heavy (non-hydrogen) atoms. The quantitative estimate of drug-likeness (QED) is 0.389. The maximum Gasteiger partial charge on any atom is 0.408 e. The van der Waals surface area contributed by atoms with Crippen molar-refractivity contribution < 1.29 is 29.0 Å². The molecule has 0 radical (unpaired) electrons. The Morgan fingerprint density at radius 3 is 2.25 bits per heavy atom. The van der Waals surface area contributed by atoms with Crippen molar-refractivity contribution in [1.29, 1.82) is 0 Å². The number of hydrogen-bond acceptors (Lipinski definition) is 5. The summed E-state index contributed by atoms with van der Waals surface area (Å²) in [5.74, 6) is -1.36. The van der Waals surface area contributed by atoms with Gasteiger partial charge in [0.1, 0.15) is 11.6 Å². The van der Waals surface area contributed by atoms with Crippen LogP contribution in [0.3, 0.4) is 0 Å². The van der Waals surface area contributed by atoms with Crippen molar-refractivity contribution in [3.05, 3.63) is 12.2 Å². The van der Waals surface area contributed by atoms with Crippen LogP contribution in [0, 0.1) is 23.7 Å². The number of rotatable bonds is 7. The Morgan fingerprint density at radius 2 is 1.75 bits per heavy atom. The molecule has 0 aromatic rings. The van der Waals surface area contributed by atoms with Gasteiger partial charge in [0.15, 0.2) is 0 Å². The standard InChI is InChI=1S/C20H28N2O6/c1-20(2,3)28-19(27)21-13(18(25)26)6-4-5-9-22-16(23)14-11-7-8-12(10-11)15(14)17(22)24/h7-8,11-15H,4-6,9-10H2,1-3H3,(H,21,27)(H,25,26). The highest BCUT2D eigenvalue weighted by molar-refractivity contribution is 6.06. The molecule has 3 aliphatic rings. The number of ether oxygens (including phenoxy) is 1. The molecule has 1 aliphatic heterocycles. The molecule has 0 spiro atoms. The number of likely N-dealkylation sites (tertiary alicyclic amines) is 1. The Kier molecular flexibility index (Phi) is 5.50. The fourth-order valence-electron chi connectivity index (χ4n) is 4.51. The molecule has 2 fully saturated rings. The number of aliphatic carboxylic acids is 1. The molecule has 2 N–H and O–H groups in total. The average molecular weight is 392 g/mol. The van der Waals surface area contributed by atoms with Crippen LogP contribution in [-0.2, 0) is 19.1 Å². The lowest BCUT2D eigenvalue weighted by molar-refractivity contribution is -0.142. The van der Waals surface area contributed by atoms with E-state index in [0.717, 1.165) is 6.42 Å². The topological polar surface area (TPSA) is 113 Å². The normalized spacial score (nSPS) is 29.2. The molecule has 3 rings (SSSR count). The van der Waals surface area contributed by atoms with Gasteiger partial charge in [-0.1, -0.05) is 12.2 Å². The van der Waals surface area contributed by atoms with Gasteiger partial charge in [0.05, 0.1) is 11.8 Å². The lowest BCUT2D eigenvalue weighted by Gasteiger charge is -2.22. The highest BCUT2D eigenvalue weighted by Gasteiger charge is 2.58. The molecule has 5 unspecified atom stereocenters. The summed E-state index contributed by atoms with van der Waals surface area (Å²) in [4.78, 5) is 49.7. The molecule has 8 nitrogen and oxygen atoms in total. The SMILES string of the molecule is CC(C)(C)OC(=O)NC(CCCCN1C(=O)C2C3C=CC(C3)C2C1=O)C(=O)O. The number of nitrogens with one attached hydrogen (secondary N) is 1. The Balaban J connectivity index is 1.45. The Hall–Kier alpha value is -2.38. The van der Waals surface area contributed by atoms with E-state index < -0.39 is 23.7 Å². The van der Waals surface area contributed by atoms with Crippen molar-refractivity contribution in [2.45, 2.75) is 58.1 Å². The molecule has 2 bridgehead atoms. The number of amides is 3. The smallest absolute Gasteiger partial charge is 0.408 e. The van der Waals surface area contributed by atoms with Crippen LogP contribution < -0.4 is 5.32 Å². The number of fused-ring (bicyclic) bond motifs is 5. The lowest BCUT2D eigenvalue weighted by atomic mass is 9.85. The van der Waals surface area contributed by atoms with Gasteiger partial charge in [-0.05, 0) is 58.3 Å². The first-order valence-corrected chi connectivity index (χ1v) is 9.84. The van der Waals surface area contributed by atoms with Gasteiger partial charge >= 0.3 is 12.1 Å². The minimum atomic E-state index is -1.14. The van der Waals surface area contributed by atoms with Crippen molar-refractivity contribution in [3.8, 4) is 0 Å².